The predicted octanol–water partition coefficient (Wildman–Crippen LogP) is 2.26. The van der Waals surface area contributed by atoms with Gasteiger partial charge in [-0.15, -0.1) is 0 Å². The second-order valence-corrected chi connectivity index (χ2v) is 7.75. The van der Waals surface area contributed by atoms with Crippen LogP contribution in [0.3, 0.4) is 0 Å². The Morgan fingerprint density at radius 1 is 1.30 bits per heavy atom. The topological polar surface area (TPSA) is 63.4 Å². The molecule has 0 saturated heterocycles. The quantitative estimate of drug-likeness (QED) is 0.906. The Morgan fingerprint density at radius 2 is 1.95 bits per heavy atom. The lowest BCUT2D eigenvalue weighted by atomic mass is 10.1. The van der Waals surface area contributed by atoms with Crippen molar-refractivity contribution < 1.29 is 8.42 Å². The van der Waals surface area contributed by atoms with Gasteiger partial charge in [0.2, 0.25) is 10.0 Å². The molecule has 0 unspecified atom stereocenters. The summed E-state index contributed by atoms with van der Waals surface area (Å²) in [5.74, 6) is 0.512. The summed E-state index contributed by atoms with van der Waals surface area (Å²) in [5, 5.41) is 0. The van der Waals surface area contributed by atoms with Gasteiger partial charge in [0.25, 0.3) is 0 Å². The van der Waals surface area contributed by atoms with E-state index in [-0.39, 0.29) is 0 Å². The van der Waals surface area contributed by atoms with E-state index in [1.54, 1.807) is 19.2 Å². The Bertz CT molecular complexity index is 563. The van der Waals surface area contributed by atoms with E-state index in [2.05, 4.69) is 0 Å². The van der Waals surface area contributed by atoms with Crippen molar-refractivity contribution in [2.24, 2.45) is 11.7 Å². The fourth-order valence-corrected chi connectivity index (χ4v) is 4.40. The molecule has 4 nitrogen and oxygen atoms in total. The molecule has 0 aromatic heterocycles. The monoisotopic (exact) mass is 296 g/mol. The third-order valence-corrected chi connectivity index (χ3v) is 6.14. The van der Waals surface area contributed by atoms with Gasteiger partial charge in [-0.05, 0) is 42.9 Å². The smallest absolute Gasteiger partial charge is 0.243 e. The van der Waals surface area contributed by atoms with Crippen LogP contribution in [0.5, 0.6) is 0 Å². The maximum Gasteiger partial charge on any atom is 0.243 e. The highest BCUT2D eigenvalue weighted by Gasteiger charge is 2.26. The lowest BCUT2D eigenvalue weighted by molar-refractivity contribution is 0.387. The van der Waals surface area contributed by atoms with E-state index in [0.29, 0.717) is 23.9 Å². The molecular weight excluding hydrogens is 272 g/mol. The Kier molecular flexibility index (Phi) is 4.83. The lowest BCUT2D eigenvalue weighted by Gasteiger charge is -2.22. The first kappa shape index (κ1) is 15.5. The van der Waals surface area contributed by atoms with Crippen molar-refractivity contribution in [3.05, 3.63) is 29.3 Å². The average Bonchev–Trinajstić information content (AvgIpc) is 2.91. The van der Waals surface area contributed by atoms with Crippen molar-refractivity contribution in [2.75, 3.05) is 13.6 Å². The number of hydrogen-bond donors (Lipinski definition) is 1. The minimum Gasteiger partial charge on any atom is -0.326 e. The van der Waals surface area contributed by atoms with Crippen molar-refractivity contribution in [3.63, 3.8) is 0 Å². The maximum absolute atomic E-state index is 12.6. The number of nitrogens with zero attached hydrogens (tertiary/aromatic N) is 1. The van der Waals surface area contributed by atoms with Crippen molar-refractivity contribution in [1.29, 1.82) is 0 Å². The molecule has 20 heavy (non-hydrogen) atoms. The summed E-state index contributed by atoms with van der Waals surface area (Å²) in [6.45, 7) is 2.88. The molecule has 0 bridgehead atoms. The van der Waals surface area contributed by atoms with Crippen LogP contribution in [0.1, 0.15) is 36.8 Å². The lowest BCUT2D eigenvalue weighted by Crippen LogP contribution is -2.31. The van der Waals surface area contributed by atoms with Crippen LogP contribution in [0.2, 0.25) is 0 Å². The number of hydrogen-bond acceptors (Lipinski definition) is 3. The summed E-state index contributed by atoms with van der Waals surface area (Å²) >= 11 is 0. The summed E-state index contributed by atoms with van der Waals surface area (Å²) in [6, 6.07) is 5.33. The third-order valence-electron chi connectivity index (χ3n) is 4.15. The van der Waals surface area contributed by atoms with Crippen LogP contribution in [0, 0.1) is 12.8 Å². The van der Waals surface area contributed by atoms with Crippen molar-refractivity contribution in [1.82, 2.24) is 4.31 Å². The Labute approximate surface area is 122 Å². The summed E-state index contributed by atoms with van der Waals surface area (Å²) in [4.78, 5) is 0.398. The van der Waals surface area contributed by atoms with Crippen molar-refractivity contribution in [3.8, 4) is 0 Å². The summed E-state index contributed by atoms with van der Waals surface area (Å²) < 4.78 is 26.8. The Hall–Kier alpha value is -0.910. The molecule has 1 fully saturated rings. The van der Waals surface area contributed by atoms with E-state index in [9.17, 15) is 8.42 Å². The van der Waals surface area contributed by atoms with Gasteiger partial charge in [0.05, 0.1) is 4.90 Å². The first-order chi connectivity index (χ1) is 9.45. The normalized spacial score (nSPS) is 17.0. The van der Waals surface area contributed by atoms with Crippen LogP contribution < -0.4 is 5.73 Å². The second kappa shape index (κ2) is 6.24. The average molecular weight is 296 g/mol. The summed E-state index contributed by atoms with van der Waals surface area (Å²) in [7, 11) is -1.71. The van der Waals surface area contributed by atoms with Gasteiger partial charge in [0.15, 0.2) is 0 Å². The largest absolute Gasteiger partial charge is 0.326 e. The molecule has 1 aromatic rings. The first-order valence-corrected chi connectivity index (χ1v) is 8.65. The van der Waals surface area contributed by atoms with Gasteiger partial charge in [0.1, 0.15) is 0 Å². The molecule has 0 amide bonds. The molecule has 2 rings (SSSR count). The zero-order valence-corrected chi connectivity index (χ0v) is 13.1. The number of benzene rings is 1. The molecule has 1 aliphatic rings. The SMILES string of the molecule is Cc1cc(CN)ccc1S(=O)(=O)N(C)CC1CCCC1. The molecule has 1 saturated carbocycles. The minimum atomic E-state index is -3.39. The highest BCUT2D eigenvalue weighted by atomic mass is 32.2. The summed E-state index contributed by atoms with van der Waals surface area (Å²) in [5.41, 5.74) is 7.31. The van der Waals surface area contributed by atoms with Crippen LogP contribution in [-0.4, -0.2) is 26.3 Å². The van der Waals surface area contributed by atoms with Gasteiger partial charge in [0, 0.05) is 20.1 Å². The molecule has 1 aliphatic carbocycles. The van der Waals surface area contributed by atoms with Crippen LogP contribution in [0.15, 0.2) is 23.1 Å². The van der Waals surface area contributed by atoms with Gasteiger partial charge >= 0.3 is 0 Å². The fraction of sp³-hybridized carbons (Fsp3) is 0.600. The molecule has 5 heteroatoms. The van der Waals surface area contributed by atoms with E-state index >= 15 is 0 Å². The van der Waals surface area contributed by atoms with Gasteiger partial charge in [-0.3, -0.25) is 0 Å². The molecule has 0 spiro atoms. The maximum atomic E-state index is 12.6. The van der Waals surface area contributed by atoms with Gasteiger partial charge in [-0.2, -0.15) is 0 Å². The standard InChI is InChI=1S/C15H24N2O2S/c1-12-9-14(10-16)7-8-15(12)20(18,19)17(2)11-13-5-3-4-6-13/h7-9,13H,3-6,10-11,16H2,1-2H3. The van der Waals surface area contributed by atoms with Crippen LogP contribution in [0.4, 0.5) is 0 Å². The zero-order valence-electron chi connectivity index (χ0n) is 12.3. The second-order valence-electron chi connectivity index (χ2n) is 5.74. The Morgan fingerprint density at radius 3 is 2.50 bits per heavy atom. The predicted molar refractivity (Wildman–Crippen MR) is 80.8 cm³/mol. The highest BCUT2D eigenvalue weighted by molar-refractivity contribution is 7.89. The minimum absolute atomic E-state index is 0.398. The number of sulfonamides is 1. The van der Waals surface area contributed by atoms with Crippen LogP contribution in [-0.2, 0) is 16.6 Å². The molecule has 2 N–H and O–H groups in total. The van der Waals surface area contributed by atoms with Crippen LogP contribution in [0.25, 0.3) is 0 Å². The van der Waals surface area contributed by atoms with E-state index in [4.69, 9.17) is 5.73 Å². The van der Waals surface area contributed by atoms with Crippen molar-refractivity contribution in [2.45, 2.75) is 44.0 Å². The fourth-order valence-electron chi connectivity index (χ4n) is 2.95. The van der Waals surface area contributed by atoms with Gasteiger partial charge in [-0.25, -0.2) is 12.7 Å². The number of aryl methyl sites for hydroxylation is 1. The van der Waals surface area contributed by atoms with Gasteiger partial charge in [-0.1, -0.05) is 25.0 Å². The Balaban J connectivity index is 2.20. The van der Waals surface area contributed by atoms with Crippen LogP contribution >= 0.6 is 0 Å². The van der Waals surface area contributed by atoms with E-state index < -0.39 is 10.0 Å². The molecule has 0 radical (unpaired) electrons. The molecule has 0 aliphatic heterocycles. The zero-order chi connectivity index (χ0) is 14.8. The molecule has 0 atom stereocenters. The number of rotatable bonds is 5. The molecule has 112 valence electrons. The third kappa shape index (κ3) is 3.22. The van der Waals surface area contributed by atoms with E-state index in [1.807, 2.05) is 13.0 Å². The number of nitrogens with two attached hydrogens (primary N) is 1. The highest BCUT2D eigenvalue weighted by Crippen LogP contribution is 2.27. The molecule has 1 aromatic carbocycles. The van der Waals surface area contributed by atoms with Gasteiger partial charge < -0.3 is 5.73 Å². The first-order valence-electron chi connectivity index (χ1n) is 7.21. The van der Waals surface area contributed by atoms with E-state index in [0.717, 1.165) is 24.0 Å². The van der Waals surface area contributed by atoms with Crippen molar-refractivity contribution >= 4 is 10.0 Å². The summed E-state index contributed by atoms with van der Waals surface area (Å²) in [6.07, 6.45) is 4.74. The van der Waals surface area contributed by atoms with E-state index in [1.165, 1.54) is 17.1 Å². The molecular formula is C15H24N2O2S. The molecule has 0 heterocycles.